The second-order valence-electron chi connectivity index (χ2n) is 3.70. The highest BCUT2D eigenvalue weighted by Gasteiger charge is 2.21. The van der Waals surface area contributed by atoms with E-state index in [4.69, 9.17) is 0 Å². The lowest BCUT2D eigenvalue weighted by atomic mass is 10.2. The van der Waals surface area contributed by atoms with Crippen molar-refractivity contribution in [1.29, 1.82) is 0 Å². The maximum atomic E-state index is 11.4. The lowest BCUT2D eigenvalue weighted by Gasteiger charge is -2.18. The minimum Gasteiger partial charge on any atom is -0.623 e. The van der Waals surface area contributed by atoms with Gasteiger partial charge in [-0.1, -0.05) is 0 Å². The van der Waals surface area contributed by atoms with E-state index in [1.54, 1.807) is 18.2 Å². The van der Waals surface area contributed by atoms with Crippen LogP contribution in [-0.4, -0.2) is 18.2 Å². The molecule has 1 heterocycles. The molecule has 17 heavy (non-hydrogen) atoms. The molecule has 0 aliphatic carbocycles. The van der Waals surface area contributed by atoms with E-state index in [1.807, 2.05) is 0 Å². The van der Waals surface area contributed by atoms with Crippen molar-refractivity contribution in [2.45, 2.75) is 13.8 Å². The van der Waals surface area contributed by atoms with E-state index in [1.165, 1.54) is 20.2 Å². The number of anilines is 1. The molecule has 1 unspecified atom stereocenters. The van der Waals surface area contributed by atoms with Crippen LogP contribution in [0.4, 0.5) is 17.1 Å². The van der Waals surface area contributed by atoms with Crippen molar-refractivity contribution in [2.75, 3.05) is 4.90 Å². The molecule has 1 aliphatic heterocycles. The number of amides is 2. The summed E-state index contributed by atoms with van der Waals surface area (Å²) < 4.78 is 0. The molecule has 1 aliphatic rings. The van der Waals surface area contributed by atoms with Gasteiger partial charge in [0.15, 0.2) is 12.0 Å². The maximum Gasteiger partial charge on any atom is 0.230 e. The number of rotatable bonds is 1. The van der Waals surface area contributed by atoms with Gasteiger partial charge in [-0.3, -0.25) is 19.6 Å². The van der Waals surface area contributed by atoms with Gasteiger partial charge in [0.25, 0.3) is 0 Å². The number of hydrogen-bond acceptors (Lipinski definition) is 4. The lowest BCUT2D eigenvalue weighted by molar-refractivity contribution is -0.655. The number of hydroxylamine groups is 1. The minimum atomic E-state index is -0.370. The van der Waals surface area contributed by atoms with Gasteiger partial charge in [-0.15, -0.1) is 0 Å². The van der Waals surface area contributed by atoms with E-state index in [9.17, 15) is 14.8 Å². The SMILES string of the molecule is CC(=O)N(C(C)=O)c1ccc2c(c1)N=C[NH+]2[O-]. The van der Waals surface area contributed by atoms with Crippen LogP contribution in [0.5, 0.6) is 0 Å². The summed E-state index contributed by atoms with van der Waals surface area (Å²) >= 11 is 0. The molecule has 88 valence electrons. The lowest BCUT2D eigenvalue weighted by Crippen LogP contribution is -2.99. The van der Waals surface area contributed by atoms with E-state index < -0.39 is 0 Å². The Balaban J connectivity index is 2.44. The highest BCUT2D eigenvalue weighted by Crippen LogP contribution is 2.29. The fraction of sp³-hybridized carbons (Fsp3) is 0.182. The third-order valence-electron chi connectivity index (χ3n) is 2.46. The summed E-state index contributed by atoms with van der Waals surface area (Å²) in [6.07, 6.45) is 1.22. The average Bonchev–Trinajstić information content (AvgIpc) is 2.59. The molecule has 2 amide bonds. The van der Waals surface area contributed by atoms with E-state index in [0.717, 1.165) is 4.90 Å². The number of carbonyl (C=O) groups excluding carboxylic acids is 2. The van der Waals surface area contributed by atoms with Crippen molar-refractivity contribution in [2.24, 2.45) is 4.99 Å². The second kappa shape index (κ2) is 4.08. The summed E-state index contributed by atoms with van der Waals surface area (Å²) in [4.78, 5) is 27.7. The molecule has 0 saturated carbocycles. The van der Waals surface area contributed by atoms with Gasteiger partial charge in [-0.05, 0) is 12.1 Å². The van der Waals surface area contributed by atoms with Gasteiger partial charge in [0.05, 0.1) is 5.69 Å². The fourth-order valence-electron chi connectivity index (χ4n) is 1.76. The fourth-order valence-corrected chi connectivity index (χ4v) is 1.76. The normalized spacial score (nSPS) is 16.8. The van der Waals surface area contributed by atoms with Gasteiger partial charge in [-0.25, -0.2) is 0 Å². The number of benzene rings is 1. The van der Waals surface area contributed by atoms with Gasteiger partial charge in [0, 0.05) is 19.9 Å². The zero-order chi connectivity index (χ0) is 12.6. The van der Waals surface area contributed by atoms with E-state index in [0.29, 0.717) is 17.1 Å². The largest absolute Gasteiger partial charge is 0.623 e. The molecule has 1 atom stereocenters. The maximum absolute atomic E-state index is 11.4. The van der Waals surface area contributed by atoms with Crippen LogP contribution < -0.4 is 9.96 Å². The molecule has 0 spiro atoms. The molecule has 0 bridgehead atoms. The molecule has 1 N–H and O–H groups in total. The Morgan fingerprint density at radius 1 is 1.29 bits per heavy atom. The van der Waals surface area contributed by atoms with Crippen molar-refractivity contribution in [3.8, 4) is 0 Å². The molecule has 1 aromatic carbocycles. The van der Waals surface area contributed by atoms with E-state index in [2.05, 4.69) is 4.99 Å². The monoisotopic (exact) mass is 233 g/mol. The summed E-state index contributed by atoms with van der Waals surface area (Å²) in [7, 11) is 0. The molecule has 6 nitrogen and oxygen atoms in total. The van der Waals surface area contributed by atoms with Crippen molar-refractivity contribution in [3.05, 3.63) is 23.4 Å². The van der Waals surface area contributed by atoms with Gasteiger partial charge in [-0.2, -0.15) is 4.99 Å². The zero-order valence-corrected chi connectivity index (χ0v) is 9.43. The number of aliphatic imine (C=N–C) groups is 1. The van der Waals surface area contributed by atoms with Crippen molar-refractivity contribution < 1.29 is 14.7 Å². The van der Waals surface area contributed by atoms with Crippen molar-refractivity contribution in [1.82, 2.24) is 0 Å². The Hall–Kier alpha value is -2.05. The molecular formula is C11H11N3O3. The average molecular weight is 233 g/mol. The quantitative estimate of drug-likeness (QED) is 0.707. The zero-order valence-electron chi connectivity index (χ0n) is 9.43. The Bertz CT molecular complexity index is 511. The molecule has 2 rings (SSSR count). The predicted molar refractivity (Wildman–Crippen MR) is 62.4 cm³/mol. The second-order valence-corrected chi connectivity index (χ2v) is 3.70. The van der Waals surface area contributed by atoms with Crippen LogP contribution in [0.15, 0.2) is 23.2 Å². The molecular weight excluding hydrogens is 222 g/mol. The summed E-state index contributed by atoms with van der Waals surface area (Å²) in [5.41, 5.74) is 1.40. The Labute approximate surface area is 97.7 Å². The standard InChI is InChI=1S/C11H11N3O3/c1-7(15)14(8(2)16)9-3-4-11-10(5-9)12-6-13(11)17/h3-6,13H,1-2H3. The van der Waals surface area contributed by atoms with Gasteiger partial charge in [0.2, 0.25) is 11.8 Å². The first-order valence-electron chi connectivity index (χ1n) is 5.04. The summed E-state index contributed by atoms with van der Waals surface area (Å²) in [6, 6.07) is 4.69. The molecule has 6 heteroatoms. The number of quaternary nitrogens is 1. The molecule has 0 fully saturated rings. The minimum absolute atomic E-state index is 0.163. The summed E-state index contributed by atoms with van der Waals surface area (Å²) in [5, 5.41) is 11.2. The highest BCUT2D eigenvalue weighted by atomic mass is 16.5. The number of nitrogens with zero attached hydrogens (tertiary/aromatic N) is 2. The topological polar surface area (TPSA) is 77.2 Å². The Kier molecular flexibility index (Phi) is 2.74. The molecule has 1 aromatic rings. The van der Waals surface area contributed by atoms with Crippen LogP contribution in [0.2, 0.25) is 0 Å². The molecule has 0 radical (unpaired) electrons. The van der Waals surface area contributed by atoms with Crippen LogP contribution in [0, 0.1) is 5.21 Å². The number of hydrogen-bond donors (Lipinski definition) is 1. The van der Waals surface area contributed by atoms with Gasteiger partial charge < -0.3 is 5.21 Å². The number of nitrogens with one attached hydrogen (secondary N) is 1. The van der Waals surface area contributed by atoms with Gasteiger partial charge in [0.1, 0.15) is 5.69 Å². The van der Waals surface area contributed by atoms with Crippen LogP contribution >= 0.6 is 0 Å². The third-order valence-corrected chi connectivity index (χ3v) is 2.46. The Morgan fingerprint density at radius 3 is 2.53 bits per heavy atom. The molecule has 0 saturated heterocycles. The van der Waals surface area contributed by atoms with Gasteiger partial charge >= 0.3 is 0 Å². The number of fused-ring (bicyclic) bond motifs is 1. The van der Waals surface area contributed by atoms with Crippen LogP contribution in [0.25, 0.3) is 0 Å². The first kappa shape index (κ1) is 11.4. The summed E-state index contributed by atoms with van der Waals surface area (Å²) in [5.74, 6) is -0.739. The first-order chi connectivity index (χ1) is 8.00. The molecule has 0 aromatic heterocycles. The smallest absolute Gasteiger partial charge is 0.230 e. The third kappa shape index (κ3) is 1.95. The van der Waals surface area contributed by atoms with Crippen LogP contribution in [0.1, 0.15) is 13.8 Å². The first-order valence-corrected chi connectivity index (χ1v) is 5.04. The van der Waals surface area contributed by atoms with E-state index in [-0.39, 0.29) is 16.9 Å². The summed E-state index contributed by atoms with van der Waals surface area (Å²) in [6.45, 7) is 2.62. The predicted octanol–water partition coefficient (Wildman–Crippen LogP) is 0.274. The van der Waals surface area contributed by atoms with Crippen molar-refractivity contribution in [3.63, 3.8) is 0 Å². The Morgan fingerprint density at radius 2 is 1.94 bits per heavy atom. The number of imide groups is 1. The van der Waals surface area contributed by atoms with Crippen molar-refractivity contribution >= 4 is 35.2 Å². The van der Waals surface area contributed by atoms with E-state index >= 15 is 0 Å². The number of carbonyl (C=O) groups is 2. The highest BCUT2D eigenvalue weighted by molar-refractivity contribution is 6.13. The van der Waals surface area contributed by atoms with Crippen LogP contribution in [0.3, 0.4) is 0 Å². The van der Waals surface area contributed by atoms with Crippen LogP contribution in [-0.2, 0) is 9.59 Å².